The van der Waals surface area contributed by atoms with E-state index in [0.717, 1.165) is 21.2 Å². The van der Waals surface area contributed by atoms with Crippen LogP contribution < -0.4 is 15.5 Å². The Labute approximate surface area is 156 Å². The average molecular weight is 412 g/mol. The summed E-state index contributed by atoms with van der Waals surface area (Å²) in [6.45, 7) is 10.1. The molecule has 0 fully saturated rings. The number of ether oxygens (including phenoxy) is 2. The highest BCUT2D eigenvalue weighted by atomic mass is 79.9. The fraction of sp³-hybridized carbons (Fsp3) is 0.588. The lowest BCUT2D eigenvalue weighted by Crippen LogP contribution is -2.41. The highest BCUT2D eigenvalue weighted by Gasteiger charge is 2.46. The molecule has 1 amide bonds. The van der Waals surface area contributed by atoms with Crippen molar-refractivity contribution in [3.05, 3.63) is 22.2 Å². The molecule has 1 unspecified atom stereocenters. The molecule has 2 aliphatic rings. The number of carbonyl (C=O) groups excluding carboxylic acids is 1. The number of benzene rings is 1. The normalized spacial score (nSPS) is 21.2. The number of halogens is 1. The standard InChI is InChI=1S/C17H23BBrNO5/c1-16(2,3)23-15(21)20-8-12-13-10(19)6-7-11-14(13)18(24-12)25-17(4,5)9-22-11/h6-7,12H,8-9H2,1-5H3,(H,20,21). The van der Waals surface area contributed by atoms with E-state index in [9.17, 15) is 4.79 Å². The third-order valence-electron chi connectivity index (χ3n) is 3.87. The Morgan fingerprint density at radius 3 is 2.84 bits per heavy atom. The van der Waals surface area contributed by atoms with Gasteiger partial charge >= 0.3 is 13.2 Å². The SMILES string of the molecule is CC(C)(C)OC(=O)NCC1OB2OC(C)(C)COc3ccc(Br)c1c32. The van der Waals surface area contributed by atoms with E-state index in [1.54, 1.807) is 0 Å². The Morgan fingerprint density at radius 2 is 2.16 bits per heavy atom. The van der Waals surface area contributed by atoms with Gasteiger partial charge in [0.1, 0.15) is 18.0 Å². The second kappa shape index (κ2) is 6.48. The summed E-state index contributed by atoms with van der Waals surface area (Å²) in [5.41, 5.74) is 0.810. The zero-order valence-corrected chi connectivity index (χ0v) is 16.7. The predicted molar refractivity (Wildman–Crippen MR) is 98.3 cm³/mol. The van der Waals surface area contributed by atoms with Crippen LogP contribution in [-0.4, -0.2) is 37.6 Å². The van der Waals surface area contributed by atoms with Gasteiger partial charge in [-0.25, -0.2) is 4.79 Å². The second-order valence-electron chi connectivity index (χ2n) is 7.88. The first-order valence-corrected chi connectivity index (χ1v) is 9.10. The van der Waals surface area contributed by atoms with Crippen LogP contribution in [0.3, 0.4) is 0 Å². The minimum absolute atomic E-state index is 0.282. The van der Waals surface area contributed by atoms with Crippen LogP contribution in [0.2, 0.25) is 0 Å². The lowest BCUT2D eigenvalue weighted by Gasteiger charge is -2.25. The number of rotatable bonds is 2. The van der Waals surface area contributed by atoms with E-state index in [4.69, 9.17) is 18.8 Å². The van der Waals surface area contributed by atoms with Crippen LogP contribution >= 0.6 is 15.9 Å². The van der Waals surface area contributed by atoms with Crippen LogP contribution in [-0.2, 0) is 14.0 Å². The number of hydrogen-bond acceptors (Lipinski definition) is 5. The summed E-state index contributed by atoms with van der Waals surface area (Å²) >= 11 is 3.58. The molecule has 6 nitrogen and oxygen atoms in total. The molecule has 2 heterocycles. The van der Waals surface area contributed by atoms with Crippen molar-refractivity contribution in [2.75, 3.05) is 13.2 Å². The molecule has 3 rings (SSSR count). The van der Waals surface area contributed by atoms with Crippen molar-refractivity contribution in [3.63, 3.8) is 0 Å². The molecular weight excluding hydrogens is 389 g/mol. The first kappa shape index (κ1) is 18.5. The lowest BCUT2D eigenvalue weighted by atomic mass is 9.77. The van der Waals surface area contributed by atoms with E-state index in [1.807, 2.05) is 46.8 Å². The molecule has 0 radical (unpaired) electrons. The Kier molecular flexibility index (Phi) is 4.81. The first-order valence-electron chi connectivity index (χ1n) is 8.31. The molecule has 0 saturated carbocycles. The summed E-state index contributed by atoms with van der Waals surface area (Å²) in [6, 6.07) is 3.84. The van der Waals surface area contributed by atoms with E-state index >= 15 is 0 Å². The monoisotopic (exact) mass is 411 g/mol. The third-order valence-corrected chi connectivity index (χ3v) is 4.56. The maximum Gasteiger partial charge on any atom is 0.499 e. The van der Waals surface area contributed by atoms with Gasteiger partial charge in [-0.3, -0.25) is 0 Å². The van der Waals surface area contributed by atoms with Crippen LogP contribution in [0.5, 0.6) is 5.75 Å². The molecular formula is C17H23BBrNO5. The first-order chi connectivity index (χ1) is 11.6. The Bertz CT molecular complexity index is 688. The van der Waals surface area contributed by atoms with Crippen molar-refractivity contribution in [2.24, 2.45) is 0 Å². The second-order valence-corrected chi connectivity index (χ2v) is 8.73. The minimum Gasteiger partial charge on any atom is -0.491 e. The fourth-order valence-electron chi connectivity index (χ4n) is 2.87. The topological polar surface area (TPSA) is 66.0 Å². The summed E-state index contributed by atoms with van der Waals surface area (Å²) in [5.74, 6) is 0.758. The van der Waals surface area contributed by atoms with Crippen molar-refractivity contribution in [3.8, 4) is 5.75 Å². The quantitative estimate of drug-likeness (QED) is 0.758. The number of nitrogens with one attached hydrogen (secondary N) is 1. The Hall–Kier alpha value is -1.25. The van der Waals surface area contributed by atoms with Crippen LogP contribution in [0, 0.1) is 0 Å². The average Bonchev–Trinajstić information content (AvgIpc) is 2.75. The molecule has 1 aromatic carbocycles. The van der Waals surface area contributed by atoms with Gasteiger partial charge in [-0.15, -0.1) is 0 Å². The Balaban J connectivity index is 1.80. The molecule has 1 N–H and O–H groups in total. The number of carbonyl (C=O) groups is 1. The molecule has 0 saturated heterocycles. The van der Waals surface area contributed by atoms with E-state index in [-0.39, 0.29) is 12.6 Å². The summed E-state index contributed by atoms with van der Waals surface area (Å²) in [6.07, 6.45) is -0.822. The van der Waals surface area contributed by atoms with Crippen molar-refractivity contribution in [1.82, 2.24) is 5.32 Å². The predicted octanol–water partition coefficient (Wildman–Crippen LogP) is 2.93. The zero-order chi connectivity index (χ0) is 18.4. The van der Waals surface area contributed by atoms with Gasteiger partial charge in [0, 0.05) is 16.5 Å². The highest BCUT2D eigenvalue weighted by Crippen LogP contribution is 2.37. The van der Waals surface area contributed by atoms with E-state index in [1.165, 1.54) is 0 Å². The smallest absolute Gasteiger partial charge is 0.491 e. The lowest BCUT2D eigenvalue weighted by molar-refractivity contribution is 0.0249. The largest absolute Gasteiger partial charge is 0.499 e. The summed E-state index contributed by atoms with van der Waals surface area (Å²) in [7, 11) is -0.523. The van der Waals surface area contributed by atoms with Crippen molar-refractivity contribution in [2.45, 2.75) is 51.9 Å². The van der Waals surface area contributed by atoms with Crippen molar-refractivity contribution in [1.29, 1.82) is 0 Å². The number of amides is 1. The number of hydrogen-bond donors (Lipinski definition) is 1. The zero-order valence-electron chi connectivity index (χ0n) is 15.1. The van der Waals surface area contributed by atoms with Crippen molar-refractivity contribution >= 4 is 34.6 Å². The van der Waals surface area contributed by atoms with E-state index in [2.05, 4.69) is 21.2 Å². The molecule has 2 aliphatic heterocycles. The maximum absolute atomic E-state index is 11.9. The van der Waals surface area contributed by atoms with Gasteiger partial charge in [0.25, 0.3) is 0 Å². The summed E-state index contributed by atoms with van der Waals surface area (Å²) in [5, 5.41) is 2.77. The van der Waals surface area contributed by atoms with Crippen LogP contribution in [0.1, 0.15) is 46.3 Å². The van der Waals surface area contributed by atoms with Crippen LogP contribution in [0.4, 0.5) is 4.79 Å². The maximum atomic E-state index is 11.9. The molecule has 0 spiro atoms. The molecule has 1 aromatic rings. The third kappa shape index (κ3) is 4.12. The van der Waals surface area contributed by atoms with Gasteiger partial charge in [0.15, 0.2) is 0 Å². The van der Waals surface area contributed by atoms with Gasteiger partial charge in [-0.1, -0.05) is 15.9 Å². The molecule has 0 bridgehead atoms. The molecule has 136 valence electrons. The van der Waals surface area contributed by atoms with Gasteiger partial charge < -0.3 is 24.1 Å². The van der Waals surface area contributed by atoms with Crippen molar-refractivity contribution < 1.29 is 23.6 Å². The summed E-state index contributed by atoms with van der Waals surface area (Å²) in [4.78, 5) is 11.9. The fourth-order valence-corrected chi connectivity index (χ4v) is 3.47. The highest BCUT2D eigenvalue weighted by molar-refractivity contribution is 9.10. The molecule has 25 heavy (non-hydrogen) atoms. The number of alkyl carbamates (subject to hydrolysis) is 1. The van der Waals surface area contributed by atoms with Gasteiger partial charge in [-0.05, 0) is 52.3 Å². The van der Waals surface area contributed by atoms with E-state index < -0.39 is 24.4 Å². The molecule has 1 atom stereocenters. The van der Waals surface area contributed by atoms with Crippen LogP contribution in [0.15, 0.2) is 16.6 Å². The van der Waals surface area contributed by atoms with Gasteiger partial charge in [0.2, 0.25) is 0 Å². The van der Waals surface area contributed by atoms with Gasteiger partial charge in [0.05, 0.1) is 11.7 Å². The molecule has 8 heteroatoms. The minimum atomic E-state index is -0.545. The summed E-state index contributed by atoms with van der Waals surface area (Å²) < 4.78 is 24.3. The Morgan fingerprint density at radius 1 is 1.44 bits per heavy atom. The van der Waals surface area contributed by atoms with Gasteiger partial charge in [-0.2, -0.15) is 0 Å². The van der Waals surface area contributed by atoms with E-state index in [0.29, 0.717) is 6.61 Å². The van der Waals surface area contributed by atoms with Crippen LogP contribution in [0.25, 0.3) is 0 Å². The molecule has 0 aliphatic carbocycles. The molecule has 0 aromatic heterocycles.